The van der Waals surface area contributed by atoms with Crippen molar-refractivity contribution in [3.63, 3.8) is 0 Å². The Bertz CT molecular complexity index is 1120. The van der Waals surface area contributed by atoms with E-state index >= 15 is 0 Å². The zero-order valence-electron chi connectivity index (χ0n) is 17.5. The van der Waals surface area contributed by atoms with Crippen LogP contribution in [0, 0.1) is 0 Å². The van der Waals surface area contributed by atoms with Gasteiger partial charge in [-0.2, -0.15) is 0 Å². The van der Waals surface area contributed by atoms with Crippen molar-refractivity contribution in [2.24, 2.45) is 0 Å². The number of nitrogens with zero attached hydrogens (tertiary/aromatic N) is 3. The van der Waals surface area contributed by atoms with E-state index in [1.165, 1.54) is 0 Å². The van der Waals surface area contributed by atoms with Gasteiger partial charge in [-0.1, -0.05) is 42.5 Å². The largest absolute Gasteiger partial charge is 0.349 e. The number of imidazole rings is 1. The Hall–Kier alpha value is -3.68. The molecule has 160 valence electrons. The molecule has 2 N–H and O–H groups in total. The number of benzene rings is 2. The lowest BCUT2D eigenvalue weighted by Crippen LogP contribution is -2.36. The van der Waals surface area contributed by atoms with Crippen LogP contribution in [0.5, 0.6) is 0 Å². The molecule has 0 bridgehead atoms. The predicted octanol–water partition coefficient (Wildman–Crippen LogP) is 2.74. The van der Waals surface area contributed by atoms with Gasteiger partial charge in [0, 0.05) is 6.04 Å². The summed E-state index contributed by atoms with van der Waals surface area (Å²) in [6, 6.07) is 15.9. The molecule has 2 heterocycles. The maximum absolute atomic E-state index is 12.6. The second-order valence-electron chi connectivity index (χ2n) is 7.87. The third-order valence-electron chi connectivity index (χ3n) is 5.31. The van der Waals surface area contributed by atoms with Crippen molar-refractivity contribution in [1.82, 2.24) is 25.1 Å². The molecule has 0 radical (unpaired) electrons. The molecular weight excluding hydrogens is 394 g/mol. The zero-order valence-corrected chi connectivity index (χ0v) is 17.5. The molecule has 1 aliphatic rings. The van der Waals surface area contributed by atoms with Crippen molar-refractivity contribution in [2.75, 3.05) is 0 Å². The quantitative estimate of drug-likeness (QED) is 0.576. The molecule has 8 heteroatoms. The minimum atomic E-state index is -0.861. The third-order valence-corrected chi connectivity index (χ3v) is 5.31. The van der Waals surface area contributed by atoms with Crippen LogP contribution in [0.3, 0.4) is 0 Å². The van der Waals surface area contributed by atoms with Crippen LogP contribution in [0.15, 0.2) is 54.6 Å². The molecule has 4 amide bonds. The van der Waals surface area contributed by atoms with Gasteiger partial charge in [0.25, 0.3) is 5.91 Å². The van der Waals surface area contributed by atoms with Gasteiger partial charge in [-0.05, 0) is 31.5 Å². The van der Waals surface area contributed by atoms with Crippen LogP contribution in [0.2, 0.25) is 0 Å². The highest BCUT2D eigenvalue weighted by Crippen LogP contribution is 2.21. The Morgan fingerprint density at radius 1 is 1.10 bits per heavy atom. The van der Waals surface area contributed by atoms with Crippen LogP contribution in [0.25, 0.3) is 11.0 Å². The molecule has 2 aromatic carbocycles. The Kier molecular flexibility index (Phi) is 5.70. The highest BCUT2D eigenvalue weighted by molar-refractivity contribution is 6.05. The summed E-state index contributed by atoms with van der Waals surface area (Å²) in [5, 5.41) is 5.45. The fraction of sp³-hybridized carbons (Fsp3) is 0.304. The minimum Gasteiger partial charge on any atom is -0.349 e. The average molecular weight is 419 g/mol. The Morgan fingerprint density at radius 3 is 2.55 bits per heavy atom. The summed E-state index contributed by atoms with van der Waals surface area (Å²) < 4.78 is 2.08. The highest BCUT2D eigenvalue weighted by Gasteiger charge is 2.38. The number of aromatic nitrogens is 2. The molecule has 4 rings (SSSR count). The van der Waals surface area contributed by atoms with Gasteiger partial charge >= 0.3 is 6.03 Å². The number of rotatable bonds is 7. The second kappa shape index (κ2) is 8.59. The number of para-hydroxylation sites is 2. The van der Waals surface area contributed by atoms with Gasteiger partial charge < -0.3 is 15.2 Å². The number of nitrogens with one attached hydrogen (secondary N) is 2. The molecular formula is C23H25N5O3. The summed E-state index contributed by atoms with van der Waals surface area (Å²) in [4.78, 5) is 43.2. The molecule has 1 aromatic heterocycles. The van der Waals surface area contributed by atoms with Crippen molar-refractivity contribution in [3.05, 3.63) is 66.0 Å². The first kappa shape index (κ1) is 20.6. The van der Waals surface area contributed by atoms with Gasteiger partial charge in [0.2, 0.25) is 5.91 Å². The second-order valence-corrected chi connectivity index (χ2v) is 7.87. The van der Waals surface area contributed by atoms with Gasteiger partial charge in [-0.15, -0.1) is 0 Å². The van der Waals surface area contributed by atoms with Gasteiger partial charge in [-0.3, -0.25) is 14.5 Å². The van der Waals surface area contributed by atoms with E-state index in [2.05, 4.69) is 34.0 Å². The summed E-state index contributed by atoms with van der Waals surface area (Å²) >= 11 is 0. The number of amides is 4. The van der Waals surface area contributed by atoms with Gasteiger partial charge in [-0.25, -0.2) is 9.78 Å². The van der Waals surface area contributed by atoms with Crippen molar-refractivity contribution < 1.29 is 14.4 Å². The first-order chi connectivity index (χ1) is 14.9. The molecule has 1 saturated heterocycles. The number of fused-ring (bicyclic) bond motifs is 1. The normalized spacial score (nSPS) is 16.2. The molecule has 8 nitrogen and oxygen atoms in total. The molecule has 0 saturated carbocycles. The molecule has 0 spiro atoms. The van der Waals surface area contributed by atoms with Crippen molar-refractivity contribution >= 4 is 28.9 Å². The molecule has 1 fully saturated rings. The summed E-state index contributed by atoms with van der Waals surface area (Å²) in [5.41, 5.74) is 2.73. The molecule has 1 unspecified atom stereocenters. The van der Waals surface area contributed by atoms with E-state index in [-0.39, 0.29) is 31.5 Å². The number of urea groups is 1. The lowest BCUT2D eigenvalue weighted by Gasteiger charge is -2.14. The van der Waals surface area contributed by atoms with Crippen molar-refractivity contribution in [3.8, 4) is 0 Å². The maximum Gasteiger partial charge on any atom is 0.325 e. The number of imide groups is 1. The van der Waals surface area contributed by atoms with Crippen LogP contribution in [0.4, 0.5) is 4.79 Å². The number of hydrogen-bond donors (Lipinski definition) is 2. The van der Waals surface area contributed by atoms with Crippen molar-refractivity contribution in [1.29, 1.82) is 0 Å². The summed E-state index contributed by atoms with van der Waals surface area (Å²) in [6.45, 7) is 4.55. The Labute approximate surface area is 180 Å². The Balaban J connectivity index is 1.38. The lowest BCUT2D eigenvalue weighted by molar-refractivity contribution is -0.131. The van der Waals surface area contributed by atoms with Crippen LogP contribution in [-0.2, 0) is 22.7 Å². The number of carbonyl (C=O) groups excluding carboxylic acids is 3. The lowest BCUT2D eigenvalue weighted by atomic mass is 10.1. The summed E-state index contributed by atoms with van der Waals surface area (Å²) in [5.74, 6) is 0.0398. The van der Waals surface area contributed by atoms with Crippen LogP contribution in [-0.4, -0.2) is 38.3 Å². The minimum absolute atomic E-state index is 0.113. The number of carbonyl (C=O) groups is 3. The van der Waals surface area contributed by atoms with E-state index in [4.69, 9.17) is 0 Å². The molecule has 1 aliphatic heterocycles. The smallest absolute Gasteiger partial charge is 0.325 e. The van der Waals surface area contributed by atoms with Gasteiger partial charge in [0.1, 0.15) is 11.9 Å². The maximum atomic E-state index is 12.6. The van der Waals surface area contributed by atoms with E-state index in [1.54, 1.807) is 0 Å². The first-order valence-electron chi connectivity index (χ1n) is 10.3. The van der Waals surface area contributed by atoms with E-state index in [1.807, 2.05) is 54.6 Å². The summed E-state index contributed by atoms with van der Waals surface area (Å²) in [7, 11) is 0. The predicted molar refractivity (Wildman–Crippen MR) is 116 cm³/mol. The standard InChI is InChI=1S/C23H25N5O3/c1-15(2)28-19-11-7-6-10-17(19)25-20(28)13-24-21(29)12-18-22(30)27(23(31)26-18)14-16-8-4-3-5-9-16/h3-11,15,18H,12-14H2,1-2H3,(H,24,29)(H,26,31). The molecule has 1 atom stereocenters. The molecule has 0 aliphatic carbocycles. The van der Waals surface area contributed by atoms with E-state index < -0.39 is 18.0 Å². The van der Waals surface area contributed by atoms with E-state index in [9.17, 15) is 14.4 Å². The highest BCUT2D eigenvalue weighted by atomic mass is 16.2. The zero-order chi connectivity index (χ0) is 22.0. The van der Waals surface area contributed by atoms with Crippen LogP contribution >= 0.6 is 0 Å². The van der Waals surface area contributed by atoms with E-state index in [0.717, 1.165) is 27.3 Å². The topological polar surface area (TPSA) is 96.3 Å². The molecule has 3 aromatic rings. The number of hydrogen-bond acceptors (Lipinski definition) is 4. The van der Waals surface area contributed by atoms with Crippen LogP contribution < -0.4 is 10.6 Å². The fourth-order valence-corrected chi connectivity index (χ4v) is 3.86. The summed E-state index contributed by atoms with van der Waals surface area (Å²) in [6.07, 6.45) is -0.113. The fourth-order valence-electron chi connectivity index (χ4n) is 3.86. The molecule has 31 heavy (non-hydrogen) atoms. The Morgan fingerprint density at radius 2 is 1.81 bits per heavy atom. The average Bonchev–Trinajstić information content (AvgIpc) is 3.25. The van der Waals surface area contributed by atoms with E-state index in [0.29, 0.717) is 0 Å². The van der Waals surface area contributed by atoms with Gasteiger partial charge in [0.15, 0.2) is 0 Å². The third kappa shape index (κ3) is 4.28. The van der Waals surface area contributed by atoms with Crippen molar-refractivity contribution in [2.45, 2.75) is 45.4 Å². The van der Waals surface area contributed by atoms with Gasteiger partial charge in [0.05, 0.1) is 30.5 Å². The first-order valence-corrected chi connectivity index (χ1v) is 10.3. The monoisotopic (exact) mass is 419 g/mol. The SMILES string of the molecule is CC(C)n1c(CNC(=O)CC2NC(=O)N(Cc3ccccc3)C2=O)nc2ccccc21. The van der Waals surface area contributed by atoms with Crippen LogP contribution in [0.1, 0.15) is 37.7 Å².